The van der Waals surface area contributed by atoms with Crippen LogP contribution in [-0.4, -0.2) is 48.2 Å². The van der Waals surface area contributed by atoms with Gasteiger partial charge in [0, 0.05) is 38.4 Å². The summed E-state index contributed by atoms with van der Waals surface area (Å²) in [5, 5.41) is 2.97. The first-order valence-corrected chi connectivity index (χ1v) is 10.9. The predicted molar refractivity (Wildman–Crippen MR) is 118 cm³/mol. The van der Waals surface area contributed by atoms with Crippen LogP contribution in [0.1, 0.15) is 71.8 Å². The molecule has 0 spiro atoms. The Kier molecular flexibility index (Phi) is 8.88. The Labute approximate surface area is 180 Å². The van der Waals surface area contributed by atoms with E-state index in [4.69, 9.17) is 4.74 Å². The molecule has 166 valence electrons. The second-order valence-electron chi connectivity index (χ2n) is 9.15. The van der Waals surface area contributed by atoms with Crippen LogP contribution in [-0.2, 0) is 19.8 Å². The van der Waals surface area contributed by atoms with Crippen LogP contribution >= 0.6 is 0 Å². The lowest BCUT2D eigenvalue weighted by Gasteiger charge is -2.32. The van der Waals surface area contributed by atoms with E-state index in [1.807, 2.05) is 17.0 Å². The maximum absolute atomic E-state index is 12.4. The zero-order valence-electron chi connectivity index (χ0n) is 18.8. The molecule has 0 aromatic heterocycles. The largest absolute Gasteiger partial charge is 0.494 e. The van der Waals surface area contributed by atoms with Crippen molar-refractivity contribution < 1.29 is 19.1 Å². The number of Topliss-reactive ketones (excluding diaryl/α,β-unsaturated/α-hetero) is 1. The van der Waals surface area contributed by atoms with Crippen LogP contribution in [0.4, 0.5) is 0 Å². The van der Waals surface area contributed by atoms with Gasteiger partial charge >= 0.3 is 0 Å². The molecule has 1 N–H and O–H groups in total. The quantitative estimate of drug-likeness (QED) is 0.624. The molecule has 6 nitrogen and oxygen atoms in total. The molecule has 1 aliphatic rings. The first kappa shape index (κ1) is 23.9. The zero-order valence-corrected chi connectivity index (χ0v) is 18.8. The van der Waals surface area contributed by atoms with E-state index >= 15 is 0 Å². The molecule has 1 heterocycles. The highest BCUT2D eigenvalue weighted by atomic mass is 16.5. The second-order valence-corrected chi connectivity index (χ2v) is 9.15. The summed E-state index contributed by atoms with van der Waals surface area (Å²) in [5.74, 6) is 0.916. The highest BCUT2D eigenvalue weighted by molar-refractivity contribution is 5.83. The van der Waals surface area contributed by atoms with Gasteiger partial charge in [0.15, 0.2) is 0 Å². The highest BCUT2D eigenvalue weighted by Crippen LogP contribution is 2.24. The van der Waals surface area contributed by atoms with E-state index < -0.39 is 0 Å². The molecule has 1 aromatic carbocycles. The molecule has 2 rings (SSSR count). The van der Waals surface area contributed by atoms with Gasteiger partial charge in [0.2, 0.25) is 11.8 Å². The molecule has 0 unspecified atom stereocenters. The Morgan fingerprint density at radius 2 is 1.67 bits per heavy atom. The van der Waals surface area contributed by atoms with Gasteiger partial charge in [-0.05, 0) is 49.3 Å². The minimum atomic E-state index is -0.0809. The number of hydrogen-bond acceptors (Lipinski definition) is 4. The number of amides is 2. The van der Waals surface area contributed by atoms with Crippen molar-refractivity contribution in [3.8, 4) is 5.75 Å². The Morgan fingerprint density at radius 1 is 1.03 bits per heavy atom. The van der Waals surface area contributed by atoms with Crippen LogP contribution < -0.4 is 10.1 Å². The third-order valence-electron chi connectivity index (χ3n) is 5.44. The normalized spacial score (nSPS) is 15.0. The average molecular weight is 417 g/mol. The summed E-state index contributed by atoms with van der Waals surface area (Å²) < 4.78 is 5.77. The third-order valence-corrected chi connectivity index (χ3v) is 5.44. The molecule has 1 fully saturated rings. The number of hydrogen-bond donors (Lipinski definition) is 1. The molecule has 30 heavy (non-hydrogen) atoms. The van der Waals surface area contributed by atoms with E-state index in [2.05, 4.69) is 38.2 Å². The maximum Gasteiger partial charge on any atom is 0.222 e. The smallest absolute Gasteiger partial charge is 0.222 e. The van der Waals surface area contributed by atoms with Crippen LogP contribution in [0, 0.1) is 0 Å². The van der Waals surface area contributed by atoms with E-state index in [1.165, 1.54) is 12.5 Å². The van der Waals surface area contributed by atoms with E-state index in [0.717, 1.165) is 18.6 Å². The molecule has 6 heteroatoms. The Morgan fingerprint density at radius 3 is 2.23 bits per heavy atom. The third kappa shape index (κ3) is 8.17. The first-order chi connectivity index (χ1) is 14.1. The standard InChI is InChI=1S/C24H36N2O4/c1-18(27)7-12-22(28)25-20-13-15-26(16-14-20)23(29)6-5-17-30-21-10-8-19(9-11-21)24(2,3)4/h8-11,20H,5-7,12-17H2,1-4H3,(H,25,28). The lowest BCUT2D eigenvalue weighted by atomic mass is 9.87. The molecular formula is C24H36N2O4. The van der Waals surface area contributed by atoms with Gasteiger partial charge in [0.05, 0.1) is 6.61 Å². The summed E-state index contributed by atoms with van der Waals surface area (Å²) in [6.45, 7) is 9.87. The van der Waals surface area contributed by atoms with Crippen LogP contribution in [0.5, 0.6) is 5.75 Å². The summed E-state index contributed by atoms with van der Waals surface area (Å²) in [4.78, 5) is 37.1. The number of carbonyl (C=O) groups is 3. The molecular weight excluding hydrogens is 380 g/mol. The Hall–Kier alpha value is -2.37. The minimum absolute atomic E-state index is 0.0245. The topological polar surface area (TPSA) is 75.7 Å². The van der Waals surface area contributed by atoms with Crippen molar-refractivity contribution in [2.24, 2.45) is 0 Å². The molecule has 2 amide bonds. The monoisotopic (exact) mass is 416 g/mol. The van der Waals surface area contributed by atoms with Crippen LogP contribution in [0.25, 0.3) is 0 Å². The Balaban J connectivity index is 1.62. The van der Waals surface area contributed by atoms with Gasteiger partial charge in [-0.2, -0.15) is 0 Å². The summed E-state index contributed by atoms with van der Waals surface area (Å²) in [7, 11) is 0. The van der Waals surface area contributed by atoms with Gasteiger partial charge in [-0.1, -0.05) is 32.9 Å². The van der Waals surface area contributed by atoms with Crippen LogP contribution in [0.2, 0.25) is 0 Å². The number of nitrogens with one attached hydrogen (secondary N) is 1. The van der Waals surface area contributed by atoms with Gasteiger partial charge in [-0.15, -0.1) is 0 Å². The fraction of sp³-hybridized carbons (Fsp3) is 0.625. The number of piperidine rings is 1. The number of benzene rings is 1. The summed E-state index contributed by atoms with van der Waals surface area (Å²) >= 11 is 0. The number of ketones is 1. The average Bonchev–Trinajstić information content (AvgIpc) is 2.70. The van der Waals surface area contributed by atoms with Crippen molar-refractivity contribution in [2.75, 3.05) is 19.7 Å². The van der Waals surface area contributed by atoms with Crippen molar-refractivity contribution in [1.82, 2.24) is 10.2 Å². The molecule has 0 atom stereocenters. The first-order valence-electron chi connectivity index (χ1n) is 10.9. The lowest BCUT2D eigenvalue weighted by Crippen LogP contribution is -2.46. The zero-order chi connectivity index (χ0) is 22.1. The number of nitrogens with zero attached hydrogens (tertiary/aromatic N) is 1. The fourth-order valence-corrected chi connectivity index (χ4v) is 3.49. The number of carbonyl (C=O) groups excluding carboxylic acids is 3. The maximum atomic E-state index is 12.4. The van der Waals surface area contributed by atoms with E-state index in [9.17, 15) is 14.4 Å². The fourth-order valence-electron chi connectivity index (χ4n) is 3.49. The number of ether oxygens (including phenoxy) is 1. The molecule has 1 aromatic rings. The van der Waals surface area contributed by atoms with E-state index in [0.29, 0.717) is 32.5 Å². The van der Waals surface area contributed by atoms with Crippen molar-refractivity contribution in [3.63, 3.8) is 0 Å². The number of rotatable bonds is 9. The summed E-state index contributed by atoms with van der Waals surface area (Å²) in [6, 6.07) is 8.23. The molecule has 0 saturated carbocycles. The summed E-state index contributed by atoms with van der Waals surface area (Å²) in [5.41, 5.74) is 1.39. The van der Waals surface area contributed by atoms with Crippen LogP contribution in [0.15, 0.2) is 24.3 Å². The molecule has 0 radical (unpaired) electrons. The second kappa shape index (κ2) is 11.1. The lowest BCUT2D eigenvalue weighted by molar-refractivity contribution is -0.132. The highest BCUT2D eigenvalue weighted by Gasteiger charge is 2.23. The van der Waals surface area contributed by atoms with Gasteiger partial charge in [0.25, 0.3) is 0 Å². The van der Waals surface area contributed by atoms with Gasteiger partial charge in [0.1, 0.15) is 11.5 Å². The van der Waals surface area contributed by atoms with Gasteiger partial charge in [-0.25, -0.2) is 0 Å². The molecule has 0 aliphatic carbocycles. The van der Waals surface area contributed by atoms with Crippen LogP contribution in [0.3, 0.4) is 0 Å². The van der Waals surface area contributed by atoms with Crippen molar-refractivity contribution in [3.05, 3.63) is 29.8 Å². The molecule has 0 bridgehead atoms. The predicted octanol–water partition coefficient (Wildman–Crippen LogP) is 3.62. The Bertz CT molecular complexity index is 714. The van der Waals surface area contributed by atoms with Crippen molar-refractivity contribution in [1.29, 1.82) is 0 Å². The molecule has 1 saturated heterocycles. The van der Waals surface area contributed by atoms with E-state index in [1.54, 1.807) is 0 Å². The number of likely N-dealkylation sites (tertiary alicyclic amines) is 1. The SMILES string of the molecule is CC(=O)CCC(=O)NC1CCN(C(=O)CCCOc2ccc(C(C)(C)C)cc2)CC1. The van der Waals surface area contributed by atoms with Gasteiger partial charge in [-0.3, -0.25) is 9.59 Å². The molecule has 1 aliphatic heterocycles. The van der Waals surface area contributed by atoms with Crippen molar-refractivity contribution >= 4 is 17.6 Å². The van der Waals surface area contributed by atoms with Gasteiger partial charge < -0.3 is 19.7 Å². The minimum Gasteiger partial charge on any atom is -0.494 e. The van der Waals surface area contributed by atoms with Crippen molar-refractivity contribution in [2.45, 2.75) is 77.7 Å². The van der Waals surface area contributed by atoms with E-state index in [-0.39, 0.29) is 41.9 Å². The summed E-state index contributed by atoms with van der Waals surface area (Å²) in [6.07, 6.45) is 3.19.